The first kappa shape index (κ1) is 90.9. The van der Waals surface area contributed by atoms with Crippen LogP contribution in [-0.2, 0) is 48.7 Å². The number of benzene rings is 6. The highest BCUT2D eigenvalue weighted by molar-refractivity contribution is 7.20. The Kier molecular flexibility index (Phi) is 29.1. The van der Waals surface area contributed by atoms with Crippen LogP contribution in [0.25, 0.3) is 92.5 Å². The van der Waals surface area contributed by atoms with E-state index in [4.69, 9.17) is 0 Å². The van der Waals surface area contributed by atoms with Crippen LogP contribution in [0.4, 0.5) is 0 Å². The zero-order valence-corrected chi connectivity index (χ0v) is 80.2. The first-order valence-corrected chi connectivity index (χ1v) is 46.6. The van der Waals surface area contributed by atoms with Gasteiger partial charge in [0.05, 0.1) is 4.70 Å². The van der Waals surface area contributed by atoms with E-state index in [-0.39, 0.29) is 48.7 Å². The van der Waals surface area contributed by atoms with E-state index in [1.807, 2.05) is 111 Å². The van der Waals surface area contributed by atoms with Crippen molar-refractivity contribution in [3.05, 3.63) is 301 Å². The summed E-state index contributed by atoms with van der Waals surface area (Å²) in [5.74, 6) is 0. The zero-order valence-electron chi connectivity index (χ0n) is 74.4. The van der Waals surface area contributed by atoms with Gasteiger partial charge in [-0.15, -0.1) is 79.4 Å². The van der Waals surface area contributed by atoms with Gasteiger partial charge < -0.3 is 9.97 Å². The SMILES string of the molecule is CC(C)(C)c1cc2ccccc2[nH]1.CC(C)(C)c1cc2ccccc2s1.CC(C)(C)c1cc2ccccc2s1.CC(C)(C)c1cc2cccnc2s1.CC(C)(C)c1cc2ccncc2s1.CC(C)(C)c1cc2cnccc2s1.CC(C)(C)c1ccc2[nH]ccc2c1.CC(C)(C)c1cccc2sccc12.CC(C)(C)c1csc2ccccc12. The van der Waals surface area contributed by atoms with Crippen molar-refractivity contribution in [2.75, 3.05) is 0 Å². The van der Waals surface area contributed by atoms with Crippen LogP contribution in [0.3, 0.4) is 0 Å². The van der Waals surface area contributed by atoms with Gasteiger partial charge in [0.25, 0.3) is 0 Å². The van der Waals surface area contributed by atoms with Gasteiger partial charge in [0.1, 0.15) is 4.83 Å². The van der Waals surface area contributed by atoms with E-state index in [1.54, 1.807) is 11.3 Å². The molecule has 18 rings (SSSR count). The molecule has 0 saturated heterocycles. The molecule has 12 heterocycles. The first-order chi connectivity index (χ1) is 54.7. The lowest BCUT2D eigenvalue weighted by atomic mass is 9.85. The summed E-state index contributed by atoms with van der Waals surface area (Å²) < 4.78 is 8.20. The monoisotopic (exact) mass is 1680 g/mol. The average Bonchev–Trinajstić information content (AvgIpc) is 1.44. The number of hydrogen-bond acceptors (Lipinski definition) is 10. The maximum absolute atomic E-state index is 4.33. The van der Waals surface area contributed by atoms with Gasteiger partial charge in [0.15, 0.2) is 0 Å². The molecule has 0 spiro atoms. The highest BCUT2D eigenvalue weighted by Gasteiger charge is 2.24. The molecule has 612 valence electrons. The number of hydrogen-bond donors (Lipinski definition) is 2. The smallest absolute Gasteiger partial charge is 0.123 e. The Morgan fingerprint density at radius 3 is 1.24 bits per heavy atom. The van der Waals surface area contributed by atoms with Crippen molar-refractivity contribution in [2.45, 2.75) is 236 Å². The second-order valence-electron chi connectivity index (χ2n) is 39.4. The summed E-state index contributed by atoms with van der Waals surface area (Å²) >= 11 is 13.0. The molecule has 0 amide bonds. The molecule has 18 aromatic rings. The van der Waals surface area contributed by atoms with E-state index in [2.05, 4.69) is 423 Å². The van der Waals surface area contributed by atoms with Crippen LogP contribution in [0.2, 0.25) is 0 Å². The second-order valence-corrected chi connectivity index (χ2v) is 46.7. The second kappa shape index (κ2) is 37.5. The van der Waals surface area contributed by atoms with E-state index in [0.717, 1.165) is 4.83 Å². The predicted octanol–water partition coefficient (Wildman–Crippen LogP) is 34.5. The topological polar surface area (TPSA) is 70.2 Å². The molecule has 0 atom stereocenters. The first-order valence-electron chi connectivity index (χ1n) is 40.8. The molecular formula is C105H125N5S7. The summed E-state index contributed by atoms with van der Waals surface area (Å²) in [7, 11) is 0. The van der Waals surface area contributed by atoms with Gasteiger partial charge in [-0.3, -0.25) is 9.97 Å². The van der Waals surface area contributed by atoms with Gasteiger partial charge in [-0.2, -0.15) is 0 Å². The van der Waals surface area contributed by atoms with Crippen LogP contribution in [0.15, 0.2) is 254 Å². The molecule has 0 fully saturated rings. The maximum Gasteiger partial charge on any atom is 0.123 e. The Labute approximate surface area is 727 Å². The molecule has 6 aromatic carbocycles. The van der Waals surface area contributed by atoms with Crippen molar-refractivity contribution >= 4 is 172 Å². The lowest BCUT2D eigenvalue weighted by Gasteiger charge is -2.19. The third-order valence-electron chi connectivity index (χ3n) is 19.8. The van der Waals surface area contributed by atoms with E-state index in [9.17, 15) is 0 Å². The van der Waals surface area contributed by atoms with Gasteiger partial charge in [-0.05, 0) is 218 Å². The van der Waals surface area contributed by atoms with Crippen molar-refractivity contribution in [3.8, 4) is 0 Å². The van der Waals surface area contributed by atoms with E-state index in [1.165, 1.54) is 134 Å². The molecule has 12 heteroatoms. The lowest BCUT2D eigenvalue weighted by molar-refractivity contribution is 0.574. The van der Waals surface area contributed by atoms with E-state index >= 15 is 0 Å². The quantitative estimate of drug-likeness (QED) is 0.159. The molecular weight excluding hydrogens is 1560 g/mol. The number of nitrogens with one attached hydrogen (secondary N) is 2. The molecule has 0 aliphatic heterocycles. The van der Waals surface area contributed by atoms with Crippen LogP contribution >= 0.6 is 79.4 Å². The van der Waals surface area contributed by atoms with Crippen LogP contribution in [-0.4, -0.2) is 24.9 Å². The van der Waals surface area contributed by atoms with Crippen LogP contribution in [0.5, 0.6) is 0 Å². The van der Waals surface area contributed by atoms with Crippen LogP contribution in [0, 0.1) is 0 Å². The molecule has 0 aliphatic rings. The maximum atomic E-state index is 4.33. The molecule has 5 nitrogen and oxygen atoms in total. The normalized spacial score (nSPS) is 12.2. The summed E-state index contributed by atoms with van der Waals surface area (Å²) in [6.45, 7) is 60.7. The van der Waals surface area contributed by atoms with E-state index < -0.39 is 0 Å². The summed E-state index contributed by atoms with van der Waals surface area (Å²) in [6.07, 6.45) is 11.4. The average molecular weight is 1680 g/mol. The number of pyridine rings is 3. The highest BCUT2D eigenvalue weighted by Crippen LogP contribution is 2.41. The molecule has 0 unspecified atom stereocenters. The summed E-state index contributed by atoms with van der Waals surface area (Å²) in [5.41, 5.74) is 10.3. The van der Waals surface area contributed by atoms with E-state index in [0.29, 0.717) is 0 Å². The van der Waals surface area contributed by atoms with Crippen molar-refractivity contribution < 1.29 is 0 Å². The third-order valence-corrected chi connectivity index (χ3v) is 29.3. The van der Waals surface area contributed by atoms with Gasteiger partial charge in [0, 0.05) is 118 Å². The molecule has 12 aromatic heterocycles. The highest BCUT2D eigenvalue weighted by atomic mass is 32.1. The standard InChI is InChI=1S/2C12H15N.4C12H14S.3C11H13NS/c1-12(2,3)10-4-5-11-9(8-10)6-7-13-11;1-12(2,3)11-8-9-6-4-5-7-10(9)13-11;1-12(2,3)10-5-4-6-11-9(10)7-8-13-11;1-12(2,3)10-8-13-11-7-5-4-6-9(10)11;2*1-12(2,3)11-8-9-6-4-5-7-10(9)13-11;1-11(2,3)10-6-8-7-12-5-4-9(8)13-10;1-11(2,3)10-6-8-4-5-12-7-9(8)13-10;1-11(2,3)9-7-8-5-4-6-12-10(8)13-9/h2*4-8,13H,1-3H3;4*4-8H,1-3H3;3*4-7H,1-3H3. The molecule has 0 aliphatic carbocycles. The lowest BCUT2D eigenvalue weighted by Crippen LogP contribution is -2.10. The van der Waals surface area contributed by atoms with Crippen molar-refractivity contribution in [3.63, 3.8) is 0 Å². The number of para-hydroxylation sites is 1. The Bertz CT molecular complexity index is 5280. The number of thiophene rings is 7. The van der Waals surface area contributed by atoms with Crippen molar-refractivity contribution in [2.24, 2.45) is 0 Å². The number of H-pyrrole nitrogens is 2. The largest absolute Gasteiger partial charge is 0.361 e. The van der Waals surface area contributed by atoms with Gasteiger partial charge in [-0.1, -0.05) is 284 Å². The molecule has 0 bridgehead atoms. The Balaban J connectivity index is 0.000000139. The molecule has 2 N–H and O–H groups in total. The van der Waals surface area contributed by atoms with Crippen LogP contribution in [0.1, 0.15) is 234 Å². The molecule has 117 heavy (non-hydrogen) atoms. The number of aromatic nitrogens is 5. The number of nitrogens with zero attached hydrogens (tertiary/aromatic N) is 3. The molecule has 0 saturated carbocycles. The number of fused-ring (bicyclic) bond motifs is 9. The Morgan fingerprint density at radius 2 is 0.718 bits per heavy atom. The number of aromatic amines is 2. The minimum atomic E-state index is 0.207. The van der Waals surface area contributed by atoms with Crippen LogP contribution < -0.4 is 0 Å². The summed E-state index contributed by atoms with van der Waals surface area (Å²) in [5, 5.41) is 16.5. The van der Waals surface area contributed by atoms with Gasteiger partial charge in [-0.25, -0.2) is 4.98 Å². The van der Waals surface area contributed by atoms with Crippen molar-refractivity contribution in [1.29, 1.82) is 0 Å². The fraction of sp³-hybridized carbons (Fsp3) is 0.343. The Morgan fingerprint density at radius 1 is 0.274 bits per heavy atom. The fourth-order valence-electron chi connectivity index (χ4n) is 12.7. The molecule has 0 radical (unpaired) electrons. The fourth-order valence-corrected chi connectivity index (χ4v) is 20.1. The predicted molar refractivity (Wildman–Crippen MR) is 531 cm³/mol. The summed E-state index contributed by atoms with van der Waals surface area (Å²) in [4.78, 5) is 27.5. The minimum absolute atomic E-state index is 0.207. The summed E-state index contributed by atoms with van der Waals surface area (Å²) in [6, 6.07) is 73.5. The Hall–Kier alpha value is -8.43. The zero-order chi connectivity index (χ0) is 85.3. The van der Waals surface area contributed by atoms with Gasteiger partial charge >= 0.3 is 0 Å². The number of rotatable bonds is 0. The van der Waals surface area contributed by atoms with Crippen molar-refractivity contribution in [1.82, 2.24) is 24.9 Å². The third kappa shape index (κ3) is 25.1. The minimum Gasteiger partial charge on any atom is -0.361 e. The van der Waals surface area contributed by atoms with Gasteiger partial charge in [0.2, 0.25) is 0 Å².